The fourth-order valence-corrected chi connectivity index (χ4v) is 1.89. The minimum absolute atomic E-state index is 0. The number of hydrogen-bond donors (Lipinski definition) is 3. The Morgan fingerprint density at radius 2 is 2.28 bits per heavy atom. The summed E-state index contributed by atoms with van der Waals surface area (Å²) in [6.45, 7) is 6.66. The van der Waals surface area contributed by atoms with Crippen LogP contribution in [0.25, 0.3) is 0 Å². The predicted octanol–water partition coefficient (Wildman–Crippen LogP) is 0.310. The maximum atomic E-state index is 11.6. The van der Waals surface area contributed by atoms with Gasteiger partial charge in [0.15, 0.2) is 0 Å². The fourth-order valence-electron chi connectivity index (χ4n) is 1.89. The molecule has 0 aromatic rings. The molecule has 1 amide bonds. The lowest BCUT2D eigenvalue weighted by Crippen LogP contribution is -2.42. The minimum Gasteiger partial charge on any atom is -0.391 e. The van der Waals surface area contributed by atoms with E-state index < -0.39 is 6.10 Å². The normalized spacial score (nSPS) is 21.2. The van der Waals surface area contributed by atoms with Crippen LogP contribution in [0.2, 0.25) is 0 Å². The lowest BCUT2D eigenvalue weighted by molar-refractivity contribution is -0.125. The van der Waals surface area contributed by atoms with Gasteiger partial charge in [-0.1, -0.05) is 13.8 Å². The molecule has 0 aromatic carbocycles. The van der Waals surface area contributed by atoms with Gasteiger partial charge in [-0.3, -0.25) is 4.79 Å². The smallest absolute Gasteiger partial charge is 0.222 e. The number of amides is 1. The van der Waals surface area contributed by atoms with Gasteiger partial charge in [-0.05, 0) is 12.3 Å². The van der Waals surface area contributed by atoms with Crippen LogP contribution >= 0.6 is 12.4 Å². The van der Waals surface area contributed by atoms with Crippen molar-refractivity contribution in [2.45, 2.75) is 38.9 Å². The molecule has 2 unspecified atom stereocenters. The Morgan fingerprint density at radius 3 is 2.83 bits per heavy atom. The highest BCUT2D eigenvalue weighted by Gasteiger charge is 2.17. The number of aliphatic hydroxyl groups excluding tert-OH is 1. The fraction of sp³-hybridized carbons (Fsp3) is 0.917. The minimum atomic E-state index is -0.454. The van der Waals surface area contributed by atoms with Crippen LogP contribution in [0.15, 0.2) is 0 Å². The second-order valence-corrected chi connectivity index (χ2v) is 4.99. The van der Waals surface area contributed by atoms with E-state index in [0.29, 0.717) is 31.9 Å². The molecule has 0 radical (unpaired) electrons. The molecule has 0 spiro atoms. The Hall–Kier alpha value is -0.360. The molecule has 0 aromatic heterocycles. The van der Waals surface area contributed by atoms with Crippen LogP contribution in [-0.4, -0.2) is 49.5 Å². The van der Waals surface area contributed by atoms with Crippen LogP contribution in [0, 0.1) is 5.92 Å². The SMILES string of the molecule is CC(C)CC(O)CNC(=O)CC1CNCCO1.Cl. The van der Waals surface area contributed by atoms with Gasteiger partial charge in [0.25, 0.3) is 0 Å². The molecule has 0 bridgehead atoms. The van der Waals surface area contributed by atoms with Crippen molar-refractivity contribution in [3.05, 3.63) is 0 Å². The third-order valence-corrected chi connectivity index (χ3v) is 2.70. The first-order valence-corrected chi connectivity index (χ1v) is 6.35. The second-order valence-electron chi connectivity index (χ2n) is 4.99. The van der Waals surface area contributed by atoms with E-state index in [2.05, 4.69) is 10.6 Å². The first-order valence-electron chi connectivity index (χ1n) is 6.35. The second kappa shape index (κ2) is 9.55. The number of aliphatic hydroxyl groups is 1. The van der Waals surface area contributed by atoms with Crippen LogP contribution in [0.3, 0.4) is 0 Å². The molecule has 1 rings (SSSR count). The standard InChI is InChI=1S/C12H24N2O3.ClH/c1-9(2)5-10(15)7-14-12(16)6-11-8-13-3-4-17-11;/h9-11,13,15H,3-8H2,1-2H3,(H,14,16);1H. The van der Waals surface area contributed by atoms with Crippen LogP contribution in [0.1, 0.15) is 26.7 Å². The molecule has 1 heterocycles. The highest BCUT2D eigenvalue weighted by molar-refractivity contribution is 5.85. The van der Waals surface area contributed by atoms with Crippen molar-refractivity contribution in [2.24, 2.45) is 5.92 Å². The summed E-state index contributed by atoms with van der Waals surface area (Å²) >= 11 is 0. The number of ether oxygens (including phenoxy) is 1. The van der Waals surface area contributed by atoms with Gasteiger partial charge in [0.2, 0.25) is 5.91 Å². The zero-order valence-electron chi connectivity index (χ0n) is 11.1. The Balaban J connectivity index is 0.00000289. The number of carbonyl (C=O) groups is 1. The summed E-state index contributed by atoms with van der Waals surface area (Å²) in [4.78, 5) is 11.6. The maximum Gasteiger partial charge on any atom is 0.222 e. The summed E-state index contributed by atoms with van der Waals surface area (Å²) in [5, 5.41) is 15.5. The van der Waals surface area contributed by atoms with E-state index in [1.54, 1.807) is 0 Å². The van der Waals surface area contributed by atoms with Gasteiger partial charge in [-0.15, -0.1) is 12.4 Å². The third kappa shape index (κ3) is 7.87. The van der Waals surface area contributed by atoms with Crippen molar-refractivity contribution in [3.8, 4) is 0 Å². The van der Waals surface area contributed by atoms with Crippen molar-refractivity contribution in [1.29, 1.82) is 0 Å². The third-order valence-electron chi connectivity index (χ3n) is 2.70. The molecule has 108 valence electrons. The lowest BCUT2D eigenvalue weighted by Gasteiger charge is -2.23. The summed E-state index contributed by atoms with van der Waals surface area (Å²) < 4.78 is 5.43. The van der Waals surface area contributed by atoms with E-state index in [1.807, 2.05) is 13.8 Å². The van der Waals surface area contributed by atoms with E-state index in [-0.39, 0.29) is 24.4 Å². The summed E-state index contributed by atoms with van der Waals surface area (Å²) in [5.41, 5.74) is 0. The highest BCUT2D eigenvalue weighted by Crippen LogP contribution is 2.04. The van der Waals surface area contributed by atoms with Crippen LogP contribution in [0.4, 0.5) is 0 Å². The molecule has 5 nitrogen and oxygen atoms in total. The molecule has 0 aliphatic carbocycles. The molecular weight excluding hydrogens is 256 g/mol. The Morgan fingerprint density at radius 1 is 1.56 bits per heavy atom. The van der Waals surface area contributed by atoms with Crippen molar-refractivity contribution in [1.82, 2.24) is 10.6 Å². The number of rotatable bonds is 6. The van der Waals surface area contributed by atoms with E-state index >= 15 is 0 Å². The lowest BCUT2D eigenvalue weighted by atomic mass is 10.1. The number of hydrogen-bond acceptors (Lipinski definition) is 4. The number of morpholine rings is 1. The summed E-state index contributed by atoms with van der Waals surface area (Å²) in [7, 11) is 0. The average molecular weight is 281 g/mol. The zero-order valence-corrected chi connectivity index (χ0v) is 12.0. The van der Waals surface area contributed by atoms with Gasteiger partial charge in [-0.2, -0.15) is 0 Å². The van der Waals surface area contributed by atoms with Crippen LogP contribution in [-0.2, 0) is 9.53 Å². The summed E-state index contributed by atoms with van der Waals surface area (Å²) in [6, 6.07) is 0. The van der Waals surface area contributed by atoms with Gasteiger partial charge in [0, 0.05) is 19.6 Å². The predicted molar refractivity (Wildman–Crippen MR) is 72.9 cm³/mol. The molecule has 6 heteroatoms. The topological polar surface area (TPSA) is 70.6 Å². The molecule has 0 saturated carbocycles. The van der Waals surface area contributed by atoms with Gasteiger partial charge in [0.05, 0.1) is 25.2 Å². The Bertz CT molecular complexity index is 233. The molecule has 3 N–H and O–H groups in total. The molecule has 18 heavy (non-hydrogen) atoms. The van der Waals surface area contributed by atoms with Gasteiger partial charge >= 0.3 is 0 Å². The van der Waals surface area contributed by atoms with Crippen molar-refractivity contribution < 1.29 is 14.6 Å². The number of halogens is 1. The quantitative estimate of drug-likeness (QED) is 0.655. The van der Waals surface area contributed by atoms with Crippen LogP contribution < -0.4 is 10.6 Å². The first-order chi connectivity index (χ1) is 8.08. The Kier molecular flexibility index (Phi) is 9.36. The van der Waals surface area contributed by atoms with Gasteiger partial charge in [-0.25, -0.2) is 0 Å². The molecular formula is C12H25ClN2O3. The molecule has 1 saturated heterocycles. The number of carbonyl (C=O) groups excluding carboxylic acids is 1. The number of nitrogens with one attached hydrogen (secondary N) is 2. The van der Waals surface area contributed by atoms with E-state index in [4.69, 9.17) is 4.74 Å². The van der Waals surface area contributed by atoms with Crippen LogP contribution in [0.5, 0.6) is 0 Å². The maximum absolute atomic E-state index is 11.6. The van der Waals surface area contributed by atoms with E-state index in [9.17, 15) is 9.90 Å². The molecule has 1 aliphatic rings. The van der Waals surface area contributed by atoms with Gasteiger partial charge in [0.1, 0.15) is 0 Å². The van der Waals surface area contributed by atoms with Crippen molar-refractivity contribution >= 4 is 18.3 Å². The van der Waals surface area contributed by atoms with E-state index in [0.717, 1.165) is 13.1 Å². The zero-order chi connectivity index (χ0) is 12.7. The van der Waals surface area contributed by atoms with Crippen molar-refractivity contribution in [2.75, 3.05) is 26.2 Å². The highest BCUT2D eigenvalue weighted by atomic mass is 35.5. The monoisotopic (exact) mass is 280 g/mol. The molecule has 1 fully saturated rings. The molecule has 1 aliphatic heterocycles. The molecule has 2 atom stereocenters. The summed E-state index contributed by atoms with van der Waals surface area (Å²) in [5.74, 6) is 0.384. The summed E-state index contributed by atoms with van der Waals surface area (Å²) in [6.07, 6.45) is 0.582. The Labute approximate surface area is 115 Å². The van der Waals surface area contributed by atoms with E-state index in [1.165, 1.54) is 0 Å². The average Bonchev–Trinajstić information content (AvgIpc) is 2.27. The van der Waals surface area contributed by atoms with Crippen molar-refractivity contribution in [3.63, 3.8) is 0 Å². The first kappa shape index (κ1) is 17.6. The van der Waals surface area contributed by atoms with Gasteiger partial charge < -0.3 is 20.5 Å². The largest absolute Gasteiger partial charge is 0.391 e.